The van der Waals surface area contributed by atoms with Crippen LogP contribution >= 0.6 is 0 Å². The summed E-state index contributed by atoms with van der Waals surface area (Å²) in [6.07, 6.45) is 0.909. The zero-order valence-corrected chi connectivity index (χ0v) is 17.4. The summed E-state index contributed by atoms with van der Waals surface area (Å²) in [6, 6.07) is 17.5. The fourth-order valence-electron chi connectivity index (χ4n) is 4.80. The number of ether oxygens (including phenoxy) is 2. The van der Waals surface area contributed by atoms with Crippen LogP contribution in [0, 0.1) is 11.8 Å². The number of nitrogens with one attached hydrogen (secondary N) is 1. The zero-order valence-electron chi connectivity index (χ0n) is 17.4. The Morgan fingerprint density at radius 2 is 1.93 bits per heavy atom. The van der Waals surface area contributed by atoms with E-state index in [1.807, 2.05) is 0 Å². The maximum absolute atomic E-state index is 6.74. The largest absolute Gasteiger partial charge is 0.496 e. The van der Waals surface area contributed by atoms with Crippen molar-refractivity contribution in [2.45, 2.75) is 44.3 Å². The van der Waals surface area contributed by atoms with Crippen LogP contribution in [0.25, 0.3) is 0 Å². The first-order valence-electron chi connectivity index (χ1n) is 10.2. The van der Waals surface area contributed by atoms with E-state index in [4.69, 9.17) is 15.2 Å². The van der Waals surface area contributed by atoms with E-state index < -0.39 is 5.66 Å². The fraction of sp³-hybridized carbons (Fsp3) is 0.500. The van der Waals surface area contributed by atoms with Gasteiger partial charge in [0.05, 0.1) is 26.0 Å². The first kappa shape index (κ1) is 19.4. The lowest BCUT2D eigenvalue weighted by Gasteiger charge is -2.26. The van der Waals surface area contributed by atoms with E-state index in [1.165, 1.54) is 16.7 Å². The Balaban J connectivity index is 1.72. The van der Waals surface area contributed by atoms with Crippen molar-refractivity contribution in [3.05, 3.63) is 65.2 Å². The highest BCUT2D eigenvalue weighted by Gasteiger charge is 2.54. The number of methoxy groups -OCH3 is 1. The predicted octanol–water partition coefficient (Wildman–Crippen LogP) is 3.80. The van der Waals surface area contributed by atoms with E-state index in [-0.39, 0.29) is 17.4 Å². The van der Waals surface area contributed by atoms with Gasteiger partial charge in [-0.2, -0.15) is 0 Å². The molecule has 4 rings (SSSR count). The standard InChI is InChI=1S/C24H32N2O2/c1-23(2,3)18-10-11-21(27-4)17(12-18)13-19-20-14-28-15-24(20,25)26-22(19)16-8-6-5-7-9-16/h5-12,19-20,22,26H,13-15,25H2,1-4H3. The summed E-state index contributed by atoms with van der Waals surface area (Å²) >= 11 is 0. The maximum Gasteiger partial charge on any atom is 0.122 e. The molecule has 0 saturated carbocycles. The van der Waals surface area contributed by atoms with Gasteiger partial charge in [0.25, 0.3) is 0 Å². The molecule has 0 spiro atoms. The highest BCUT2D eigenvalue weighted by atomic mass is 16.5. The molecule has 2 saturated heterocycles. The first-order chi connectivity index (χ1) is 13.3. The van der Waals surface area contributed by atoms with Gasteiger partial charge in [-0.1, -0.05) is 63.2 Å². The molecule has 4 atom stereocenters. The molecule has 4 nitrogen and oxygen atoms in total. The van der Waals surface area contributed by atoms with Crippen LogP contribution in [0.1, 0.15) is 43.5 Å². The lowest BCUT2D eigenvalue weighted by Crippen LogP contribution is -2.54. The van der Waals surface area contributed by atoms with E-state index in [9.17, 15) is 0 Å². The van der Waals surface area contributed by atoms with Gasteiger partial charge >= 0.3 is 0 Å². The van der Waals surface area contributed by atoms with Crippen molar-refractivity contribution in [3.63, 3.8) is 0 Å². The molecule has 3 N–H and O–H groups in total. The molecule has 2 aliphatic heterocycles. The van der Waals surface area contributed by atoms with Gasteiger partial charge in [-0.3, -0.25) is 5.32 Å². The fourth-order valence-corrected chi connectivity index (χ4v) is 4.80. The molecule has 0 radical (unpaired) electrons. The summed E-state index contributed by atoms with van der Waals surface area (Å²) in [7, 11) is 1.75. The minimum absolute atomic E-state index is 0.0991. The molecular formula is C24H32N2O2. The van der Waals surface area contributed by atoms with Gasteiger partial charge < -0.3 is 15.2 Å². The second-order valence-electron chi connectivity index (χ2n) is 9.34. The molecule has 4 heteroatoms. The Kier molecular flexibility index (Phi) is 4.98. The van der Waals surface area contributed by atoms with Crippen LogP contribution in [0.2, 0.25) is 0 Å². The summed E-state index contributed by atoms with van der Waals surface area (Å²) in [6.45, 7) is 8.02. The highest BCUT2D eigenvalue weighted by Crippen LogP contribution is 2.46. The molecule has 2 aromatic rings. The van der Waals surface area contributed by atoms with Crippen LogP contribution < -0.4 is 15.8 Å². The summed E-state index contributed by atoms with van der Waals surface area (Å²) in [5, 5.41) is 3.71. The molecule has 0 amide bonds. The van der Waals surface area contributed by atoms with Crippen molar-refractivity contribution < 1.29 is 9.47 Å². The van der Waals surface area contributed by atoms with Crippen molar-refractivity contribution in [1.82, 2.24) is 5.32 Å². The van der Waals surface area contributed by atoms with Gasteiger partial charge in [0.15, 0.2) is 0 Å². The third kappa shape index (κ3) is 3.45. The molecule has 0 bridgehead atoms. The molecule has 2 fully saturated rings. The summed E-state index contributed by atoms with van der Waals surface area (Å²) in [5.74, 6) is 1.58. The van der Waals surface area contributed by atoms with Crippen molar-refractivity contribution in [2.24, 2.45) is 17.6 Å². The highest BCUT2D eigenvalue weighted by molar-refractivity contribution is 5.41. The van der Waals surface area contributed by atoms with Crippen molar-refractivity contribution >= 4 is 0 Å². The monoisotopic (exact) mass is 380 g/mol. The van der Waals surface area contributed by atoms with Crippen molar-refractivity contribution in [1.29, 1.82) is 0 Å². The second-order valence-corrected chi connectivity index (χ2v) is 9.34. The molecule has 4 unspecified atom stereocenters. The lowest BCUT2D eigenvalue weighted by atomic mass is 9.78. The first-order valence-corrected chi connectivity index (χ1v) is 10.2. The molecule has 0 aromatic heterocycles. The summed E-state index contributed by atoms with van der Waals surface area (Å²) < 4.78 is 11.5. The van der Waals surface area contributed by atoms with Crippen LogP contribution in [0.3, 0.4) is 0 Å². The SMILES string of the molecule is COc1ccc(C(C)(C)C)cc1CC1C(c2ccccc2)NC2(N)COCC12. The number of benzene rings is 2. The third-order valence-corrected chi connectivity index (χ3v) is 6.43. The normalized spacial score (nSPS) is 29.7. The lowest BCUT2D eigenvalue weighted by molar-refractivity contribution is 0.149. The van der Waals surface area contributed by atoms with Gasteiger partial charge in [-0.25, -0.2) is 0 Å². The topological polar surface area (TPSA) is 56.5 Å². The Morgan fingerprint density at radius 3 is 2.61 bits per heavy atom. The average molecular weight is 381 g/mol. The van der Waals surface area contributed by atoms with Gasteiger partial charge in [-0.15, -0.1) is 0 Å². The number of nitrogens with two attached hydrogens (primary N) is 1. The third-order valence-electron chi connectivity index (χ3n) is 6.43. The van der Waals surface area contributed by atoms with E-state index in [0.29, 0.717) is 19.1 Å². The molecule has 2 aromatic carbocycles. The van der Waals surface area contributed by atoms with Crippen LogP contribution in [-0.2, 0) is 16.6 Å². The minimum atomic E-state index is -0.458. The van der Waals surface area contributed by atoms with E-state index in [0.717, 1.165) is 12.2 Å². The Morgan fingerprint density at radius 1 is 1.18 bits per heavy atom. The molecule has 0 aliphatic carbocycles. The number of rotatable bonds is 4. The van der Waals surface area contributed by atoms with E-state index in [2.05, 4.69) is 74.6 Å². The summed E-state index contributed by atoms with van der Waals surface area (Å²) in [4.78, 5) is 0. The smallest absolute Gasteiger partial charge is 0.122 e. The number of fused-ring (bicyclic) bond motifs is 1. The quantitative estimate of drug-likeness (QED) is 0.847. The maximum atomic E-state index is 6.74. The average Bonchev–Trinajstić information content (AvgIpc) is 3.17. The molecule has 2 heterocycles. The molecule has 2 aliphatic rings. The zero-order chi connectivity index (χ0) is 19.9. The Labute approximate surface area is 168 Å². The molecular weight excluding hydrogens is 348 g/mol. The van der Waals surface area contributed by atoms with Crippen LogP contribution in [0.15, 0.2) is 48.5 Å². The van der Waals surface area contributed by atoms with E-state index in [1.54, 1.807) is 7.11 Å². The Bertz CT molecular complexity index is 830. The molecule has 150 valence electrons. The van der Waals surface area contributed by atoms with Crippen molar-refractivity contribution in [3.8, 4) is 5.75 Å². The van der Waals surface area contributed by atoms with Crippen molar-refractivity contribution in [2.75, 3.05) is 20.3 Å². The minimum Gasteiger partial charge on any atom is -0.496 e. The van der Waals surface area contributed by atoms with Crippen LogP contribution in [0.4, 0.5) is 0 Å². The second kappa shape index (κ2) is 7.18. The van der Waals surface area contributed by atoms with Crippen LogP contribution in [0.5, 0.6) is 5.75 Å². The van der Waals surface area contributed by atoms with Crippen LogP contribution in [-0.4, -0.2) is 26.0 Å². The van der Waals surface area contributed by atoms with Gasteiger partial charge in [-0.05, 0) is 40.5 Å². The van der Waals surface area contributed by atoms with E-state index >= 15 is 0 Å². The molecule has 28 heavy (non-hydrogen) atoms. The van der Waals surface area contributed by atoms with Gasteiger partial charge in [0.2, 0.25) is 0 Å². The number of hydrogen-bond acceptors (Lipinski definition) is 4. The van der Waals surface area contributed by atoms with Gasteiger partial charge in [0.1, 0.15) is 5.75 Å². The van der Waals surface area contributed by atoms with Gasteiger partial charge in [0, 0.05) is 12.0 Å². The number of hydrogen-bond donors (Lipinski definition) is 2. The predicted molar refractivity (Wildman–Crippen MR) is 112 cm³/mol. The Hall–Kier alpha value is -1.88. The summed E-state index contributed by atoms with van der Waals surface area (Å²) in [5.41, 5.74) is 10.2.